The molecule has 32 heavy (non-hydrogen) atoms. The lowest BCUT2D eigenvalue weighted by atomic mass is 10.1. The van der Waals surface area contributed by atoms with Gasteiger partial charge in [0.25, 0.3) is 5.69 Å². The standard InChI is InChI=1S/C23H27N3O6/c1-24(2)14-5-15-32-21-7-4-3-6-19(21)16-25(17-23(28)29)22(27)13-10-18-8-11-20(12-9-18)26(30)31/h3-4,6-13H,5,14-17H2,1-2H3,(H,28,29)/b13-10+. The summed E-state index contributed by atoms with van der Waals surface area (Å²) in [6.07, 6.45) is 3.58. The number of para-hydroxylation sites is 1. The molecule has 9 nitrogen and oxygen atoms in total. The van der Waals surface area contributed by atoms with Crippen LogP contribution in [-0.2, 0) is 16.1 Å². The molecule has 0 fully saturated rings. The van der Waals surface area contributed by atoms with Crippen molar-refractivity contribution in [1.82, 2.24) is 9.80 Å². The Labute approximate surface area is 186 Å². The number of aliphatic carboxylic acids is 1. The Hall–Kier alpha value is -3.72. The number of hydrogen-bond donors (Lipinski definition) is 1. The van der Waals surface area contributed by atoms with E-state index in [-0.39, 0.29) is 12.2 Å². The lowest BCUT2D eigenvalue weighted by Gasteiger charge is -2.21. The number of benzene rings is 2. The van der Waals surface area contributed by atoms with Crippen LogP contribution in [0.3, 0.4) is 0 Å². The molecule has 0 bridgehead atoms. The van der Waals surface area contributed by atoms with Crippen molar-refractivity contribution < 1.29 is 24.4 Å². The van der Waals surface area contributed by atoms with E-state index in [0.717, 1.165) is 13.0 Å². The quantitative estimate of drug-likeness (QED) is 0.233. The molecular weight excluding hydrogens is 414 g/mol. The number of carbonyl (C=O) groups excluding carboxylic acids is 1. The third-order valence-corrected chi connectivity index (χ3v) is 4.50. The number of carbonyl (C=O) groups is 2. The summed E-state index contributed by atoms with van der Waals surface area (Å²) in [6, 6.07) is 12.9. The molecule has 2 aromatic rings. The van der Waals surface area contributed by atoms with Gasteiger partial charge in [-0.25, -0.2) is 0 Å². The van der Waals surface area contributed by atoms with Crippen LogP contribution in [0, 0.1) is 10.1 Å². The lowest BCUT2D eigenvalue weighted by Crippen LogP contribution is -2.34. The second kappa shape index (κ2) is 12.2. The Morgan fingerprint density at radius 1 is 1.12 bits per heavy atom. The van der Waals surface area contributed by atoms with Gasteiger partial charge < -0.3 is 19.6 Å². The molecule has 0 heterocycles. The number of non-ortho nitro benzene ring substituents is 1. The van der Waals surface area contributed by atoms with Crippen LogP contribution in [0.2, 0.25) is 0 Å². The Balaban J connectivity index is 2.10. The maximum absolute atomic E-state index is 12.7. The smallest absolute Gasteiger partial charge is 0.323 e. The number of hydrogen-bond acceptors (Lipinski definition) is 6. The molecule has 0 radical (unpaired) electrons. The first kappa shape index (κ1) is 24.5. The van der Waals surface area contributed by atoms with Gasteiger partial charge in [0.05, 0.1) is 18.1 Å². The minimum absolute atomic E-state index is 0.0526. The van der Waals surface area contributed by atoms with Crippen LogP contribution < -0.4 is 4.74 Å². The van der Waals surface area contributed by atoms with E-state index in [4.69, 9.17) is 4.74 Å². The van der Waals surface area contributed by atoms with Crippen LogP contribution in [-0.4, -0.2) is 65.5 Å². The molecule has 2 rings (SSSR count). The van der Waals surface area contributed by atoms with Crippen molar-refractivity contribution in [2.24, 2.45) is 0 Å². The maximum Gasteiger partial charge on any atom is 0.323 e. The van der Waals surface area contributed by atoms with Crippen molar-refractivity contribution in [3.05, 3.63) is 75.8 Å². The number of ether oxygens (including phenoxy) is 1. The molecule has 1 amide bonds. The van der Waals surface area contributed by atoms with Crippen molar-refractivity contribution >= 4 is 23.6 Å². The number of carboxylic acids is 1. The molecule has 9 heteroatoms. The Morgan fingerprint density at radius 3 is 2.44 bits per heavy atom. The fourth-order valence-corrected chi connectivity index (χ4v) is 2.90. The summed E-state index contributed by atoms with van der Waals surface area (Å²) in [7, 11) is 3.96. The first-order chi connectivity index (χ1) is 15.3. The lowest BCUT2D eigenvalue weighted by molar-refractivity contribution is -0.384. The molecule has 0 saturated carbocycles. The van der Waals surface area contributed by atoms with E-state index in [2.05, 4.69) is 4.90 Å². The number of amides is 1. The van der Waals surface area contributed by atoms with Crippen molar-refractivity contribution in [1.29, 1.82) is 0 Å². The molecule has 0 aliphatic rings. The van der Waals surface area contributed by atoms with E-state index in [9.17, 15) is 24.8 Å². The van der Waals surface area contributed by atoms with Gasteiger partial charge in [-0.2, -0.15) is 0 Å². The third kappa shape index (κ3) is 8.19. The van der Waals surface area contributed by atoms with Gasteiger partial charge >= 0.3 is 5.97 Å². The van der Waals surface area contributed by atoms with Gasteiger partial charge in [0.15, 0.2) is 0 Å². The fraction of sp³-hybridized carbons (Fsp3) is 0.304. The van der Waals surface area contributed by atoms with Gasteiger partial charge in [-0.15, -0.1) is 0 Å². The van der Waals surface area contributed by atoms with Crippen LogP contribution in [0.4, 0.5) is 5.69 Å². The normalized spacial score (nSPS) is 11.0. The minimum Gasteiger partial charge on any atom is -0.493 e. The highest BCUT2D eigenvalue weighted by Gasteiger charge is 2.17. The summed E-state index contributed by atoms with van der Waals surface area (Å²) in [6.45, 7) is 0.972. The first-order valence-electron chi connectivity index (χ1n) is 10.0. The van der Waals surface area contributed by atoms with E-state index < -0.39 is 23.3 Å². The van der Waals surface area contributed by atoms with Crippen molar-refractivity contribution in [3.8, 4) is 5.75 Å². The van der Waals surface area contributed by atoms with Crippen molar-refractivity contribution in [2.45, 2.75) is 13.0 Å². The molecular formula is C23H27N3O6. The maximum atomic E-state index is 12.7. The number of carboxylic acid groups (broad SMARTS) is 1. The molecule has 0 aliphatic carbocycles. The summed E-state index contributed by atoms with van der Waals surface area (Å²) < 4.78 is 5.85. The molecule has 0 unspecified atom stereocenters. The molecule has 0 atom stereocenters. The van der Waals surface area contributed by atoms with Gasteiger partial charge in [0, 0.05) is 30.3 Å². The average Bonchev–Trinajstić information content (AvgIpc) is 2.75. The zero-order valence-electron chi connectivity index (χ0n) is 18.1. The van der Waals surface area contributed by atoms with Gasteiger partial charge in [0.1, 0.15) is 12.3 Å². The number of nitrogens with zero attached hydrogens (tertiary/aromatic N) is 3. The van der Waals surface area contributed by atoms with Gasteiger partial charge in [-0.1, -0.05) is 18.2 Å². The predicted octanol–water partition coefficient (Wildman–Crippen LogP) is 3.05. The summed E-state index contributed by atoms with van der Waals surface area (Å²) in [4.78, 5) is 37.5. The second-order valence-electron chi connectivity index (χ2n) is 7.38. The monoisotopic (exact) mass is 441 g/mol. The van der Waals surface area contributed by atoms with E-state index in [1.165, 1.54) is 41.3 Å². The number of nitro groups is 1. The molecule has 0 saturated heterocycles. The van der Waals surface area contributed by atoms with Crippen LogP contribution in [0.15, 0.2) is 54.6 Å². The highest BCUT2D eigenvalue weighted by molar-refractivity contribution is 5.93. The summed E-state index contributed by atoms with van der Waals surface area (Å²) in [5.41, 5.74) is 1.24. The molecule has 0 aromatic heterocycles. The zero-order chi connectivity index (χ0) is 23.5. The van der Waals surface area contributed by atoms with Gasteiger partial charge in [-0.05, 0) is 50.4 Å². The molecule has 2 aromatic carbocycles. The predicted molar refractivity (Wildman–Crippen MR) is 120 cm³/mol. The number of nitro benzene ring substituents is 1. The summed E-state index contributed by atoms with van der Waals surface area (Å²) in [5.74, 6) is -1.02. The Kier molecular flexibility index (Phi) is 9.37. The Morgan fingerprint density at radius 2 is 1.81 bits per heavy atom. The molecule has 0 aliphatic heterocycles. The van der Waals surface area contributed by atoms with Gasteiger partial charge in [-0.3, -0.25) is 19.7 Å². The highest BCUT2D eigenvalue weighted by Crippen LogP contribution is 2.21. The van der Waals surface area contributed by atoms with Crippen LogP contribution in [0.25, 0.3) is 6.08 Å². The summed E-state index contributed by atoms with van der Waals surface area (Å²) >= 11 is 0. The Bertz CT molecular complexity index is 956. The topological polar surface area (TPSA) is 113 Å². The minimum atomic E-state index is -1.13. The molecule has 1 N–H and O–H groups in total. The SMILES string of the molecule is CN(C)CCCOc1ccccc1CN(CC(=O)O)C(=O)/C=C/c1ccc([N+](=O)[O-])cc1. The van der Waals surface area contributed by atoms with E-state index in [1.54, 1.807) is 18.2 Å². The van der Waals surface area contributed by atoms with Gasteiger partial charge in [0.2, 0.25) is 5.91 Å². The second-order valence-corrected chi connectivity index (χ2v) is 7.38. The van der Waals surface area contributed by atoms with E-state index >= 15 is 0 Å². The third-order valence-electron chi connectivity index (χ3n) is 4.50. The average molecular weight is 441 g/mol. The first-order valence-corrected chi connectivity index (χ1v) is 10.0. The highest BCUT2D eigenvalue weighted by atomic mass is 16.6. The van der Waals surface area contributed by atoms with E-state index in [0.29, 0.717) is 23.5 Å². The number of rotatable bonds is 12. The van der Waals surface area contributed by atoms with Crippen molar-refractivity contribution in [3.63, 3.8) is 0 Å². The zero-order valence-corrected chi connectivity index (χ0v) is 18.1. The van der Waals surface area contributed by atoms with E-state index in [1.807, 2.05) is 20.2 Å². The molecule has 0 spiro atoms. The largest absolute Gasteiger partial charge is 0.493 e. The van der Waals surface area contributed by atoms with Crippen LogP contribution in [0.1, 0.15) is 17.5 Å². The fourth-order valence-electron chi connectivity index (χ4n) is 2.90. The summed E-state index contributed by atoms with van der Waals surface area (Å²) in [5, 5.41) is 20.0. The van der Waals surface area contributed by atoms with Crippen LogP contribution in [0.5, 0.6) is 5.75 Å². The van der Waals surface area contributed by atoms with Crippen LogP contribution >= 0.6 is 0 Å². The molecule has 170 valence electrons. The van der Waals surface area contributed by atoms with Crippen molar-refractivity contribution in [2.75, 3.05) is 33.8 Å².